The van der Waals surface area contributed by atoms with Crippen molar-refractivity contribution in [2.75, 3.05) is 25.0 Å². The van der Waals surface area contributed by atoms with E-state index in [4.69, 9.17) is 0 Å². The van der Waals surface area contributed by atoms with E-state index in [2.05, 4.69) is 50.8 Å². The van der Waals surface area contributed by atoms with Crippen molar-refractivity contribution >= 4 is 17.2 Å². The molecule has 2 aromatic heterocycles. The summed E-state index contributed by atoms with van der Waals surface area (Å²) < 4.78 is 2.08. The molecule has 0 radical (unpaired) electrons. The van der Waals surface area contributed by atoms with Crippen LogP contribution in [-0.2, 0) is 4.79 Å². The van der Waals surface area contributed by atoms with Gasteiger partial charge in [-0.25, -0.2) is 0 Å². The van der Waals surface area contributed by atoms with Crippen molar-refractivity contribution in [2.45, 2.75) is 38.5 Å². The van der Waals surface area contributed by atoms with Crippen LogP contribution in [0.1, 0.15) is 49.9 Å². The van der Waals surface area contributed by atoms with Gasteiger partial charge in [0.1, 0.15) is 5.82 Å². The van der Waals surface area contributed by atoms with Crippen molar-refractivity contribution in [3.05, 3.63) is 60.0 Å². The van der Waals surface area contributed by atoms with Gasteiger partial charge >= 0.3 is 0 Å². The van der Waals surface area contributed by atoms with E-state index in [0.29, 0.717) is 18.4 Å². The number of hydrogen-bond acceptors (Lipinski definition) is 4. The molecule has 3 heterocycles. The molecule has 28 heavy (non-hydrogen) atoms. The number of nitrogens with zero attached hydrogens (tertiary/aromatic N) is 4. The highest BCUT2D eigenvalue weighted by Crippen LogP contribution is 2.27. The summed E-state index contributed by atoms with van der Waals surface area (Å²) in [6.07, 6.45) is 4.01. The van der Waals surface area contributed by atoms with Crippen LogP contribution >= 0.6 is 0 Å². The Kier molecular flexibility index (Phi) is 5.39. The van der Waals surface area contributed by atoms with Crippen molar-refractivity contribution in [1.29, 1.82) is 0 Å². The van der Waals surface area contributed by atoms with E-state index in [0.717, 1.165) is 43.1 Å². The summed E-state index contributed by atoms with van der Waals surface area (Å²) in [6, 6.07) is 14.1. The number of piperidine rings is 1. The van der Waals surface area contributed by atoms with E-state index in [1.54, 1.807) is 0 Å². The van der Waals surface area contributed by atoms with E-state index >= 15 is 0 Å². The summed E-state index contributed by atoms with van der Waals surface area (Å²) in [7, 11) is 0. The van der Waals surface area contributed by atoms with Gasteiger partial charge in [0.15, 0.2) is 5.65 Å². The number of amides is 1. The lowest BCUT2D eigenvalue weighted by Gasteiger charge is -2.30. The third-order valence-corrected chi connectivity index (χ3v) is 5.50. The lowest BCUT2D eigenvalue weighted by molar-refractivity contribution is -0.117. The van der Waals surface area contributed by atoms with Gasteiger partial charge in [-0.1, -0.05) is 32.0 Å². The molecule has 1 aliphatic heterocycles. The van der Waals surface area contributed by atoms with Gasteiger partial charge in [0.2, 0.25) is 5.91 Å². The number of benzene rings is 1. The summed E-state index contributed by atoms with van der Waals surface area (Å²) in [5.74, 6) is 1.92. The average Bonchev–Trinajstić information content (AvgIpc) is 3.13. The molecule has 6 heteroatoms. The zero-order valence-electron chi connectivity index (χ0n) is 16.5. The number of rotatable bonds is 5. The predicted octanol–water partition coefficient (Wildman–Crippen LogP) is 3.67. The molecular formula is C22H27N5O. The fraction of sp³-hybridized carbons (Fsp3) is 0.409. The van der Waals surface area contributed by atoms with E-state index in [-0.39, 0.29) is 5.91 Å². The highest BCUT2D eigenvalue weighted by atomic mass is 16.2. The van der Waals surface area contributed by atoms with E-state index in [1.807, 2.05) is 36.5 Å². The van der Waals surface area contributed by atoms with Crippen LogP contribution in [0.2, 0.25) is 0 Å². The number of hydrogen-bond donors (Lipinski definition) is 1. The first-order chi connectivity index (χ1) is 13.6. The van der Waals surface area contributed by atoms with Gasteiger partial charge in [-0.2, -0.15) is 0 Å². The Morgan fingerprint density at radius 3 is 2.75 bits per heavy atom. The summed E-state index contributed by atoms with van der Waals surface area (Å²) in [6.45, 7) is 6.53. The van der Waals surface area contributed by atoms with Crippen LogP contribution in [0.4, 0.5) is 5.69 Å². The summed E-state index contributed by atoms with van der Waals surface area (Å²) >= 11 is 0. The number of fused-ring (bicyclic) bond motifs is 1. The second kappa shape index (κ2) is 8.10. The lowest BCUT2D eigenvalue weighted by atomic mass is 9.96. The topological polar surface area (TPSA) is 62.5 Å². The minimum absolute atomic E-state index is 0.0484. The van der Waals surface area contributed by atoms with Crippen LogP contribution in [0.25, 0.3) is 5.65 Å². The first-order valence-corrected chi connectivity index (χ1v) is 10.0. The molecule has 1 N–H and O–H groups in total. The normalized spacial score (nSPS) is 16.0. The molecule has 1 fully saturated rings. The molecule has 1 amide bonds. The molecule has 1 aliphatic rings. The van der Waals surface area contributed by atoms with Gasteiger partial charge in [-0.15, -0.1) is 10.2 Å². The van der Waals surface area contributed by atoms with Crippen molar-refractivity contribution in [3.8, 4) is 0 Å². The summed E-state index contributed by atoms with van der Waals surface area (Å²) in [5.41, 5.74) is 3.00. The Morgan fingerprint density at radius 2 is 1.96 bits per heavy atom. The molecule has 4 rings (SSSR count). The van der Waals surface area contributed by atoms with Crippen molar-refractivity contribution in [1.82, 2.24) is 19.5 Å². The van der Waals surface area contributed by atoms with Crippen LogP contribution < -0.4 is 5.32 Å². The van der Waals surface area contributed by atoms with Gasteiger partial charge in [-0.3, -0.25) is 14.1 Å². The fourth-order valence-corrected chi connectivity index (χ4v) is 3.87. The molecule has 0 atom stereocenters. The van der Waals surface area contributed by atoms with Crippen LogP contribution in [0.15, 0.2) is 48.7 Å². The molecule has 6 nitrogen and oxygen atoms in total. The van der Waals surface area contributed by atoms with Crippen LogP contribution in [0.5, 0.6) is 0 Å². The lowest BCUT2D eigenvalue weighted by Crippen LogP contribution is -2.39. The number of nitrogens with one attached hydrogen (secondary N) is 1. The maximum Gasteiger partial charge on any atom is 0.238 e. The van der Waals surface area contributed by atoms with E-state index < -0.39 is 0 Å². The Balaban J connectivity index is 1.32. The van der Waals surface area contributed by atoms with Crippen molar-refractivity contribution in [2.24, 2.45) is 0 Å². The van der Waals surface area contributed by atoms with Gasteiger partial charge in [0, 0.05) is 17.8 Å². The number of pyridine rings is 1. The van der Waals surface area contributed by atoms with E-state index in [1.165, 1.54) is 5.56 Å². The summed E-state index contributed by atoms with van der Waals surface area (Å²) in [4.78, 5) is 14.7. The number of likely N-dealkylation sites (tertiary alicyclic amines) is 1. The molecule has 1 saturated heterocycles. The first-order valence-electron chi connectivity index (χ1n) is 10.0. The quantitative estimate of drug-likeness (QED) is 0.737. The highest BCUT2D eigenvalue weighted by molar-refractivity contribution is 5.92. The number of carbonyl (C=O) groups is 1. The van der Waals surface area contributed by atoms with Crippen LogP contribution in [0, 0.1) is 0 Å². The molecule has 0 bridgehead atoms. The van der Waals surface area contributed by atoms with Gasteiger partial charge in [-0.05, 0) is 61.7 Å². The third-order valence-electron chi connectivity index (χ3n) is 5.50. The largest absolute Gasteiger partial charge is 0.325 e. The number of aromatic nitrogens is 3. The predicted molar refractivity (Wildman–Crippen MR) is 111 cm³/mol. The minimum Gasteiger partial charge on any atom is -0.325 e. The standard InChI is InChI=1S/C22H27N5O/c1-16(2)18-6-5-7-19(14-18)23-21(28)15-26-12-9-17(10-13-26)22-25-24-20-8-3-4-11-27(20)22/h3-8,11,14,16-17H,9-10,12-13,15H2,1-2H3,(H,23,28). The smallest absolute Gasteiger partial charge is 0.238 e. The van der Waals surface area contributed by atoms with Gasteiger partial charge in [0.25, 0.3) is 0 Å². The van der Waals surface area contributed by atoms with Gasteiger partial charge in [0.05, 0.1) is 6.54 Å². The first kappa shape index (κ1) is 18.6. The Hall–Kier alpha value is -2.73. The van der Waals surface area contributed by atoms with Crippen LogP contribution in [-0.4, -0.2) is 45.0 Å². The highest BCUT2D eigenvalue weighted by Gasteiger charge is 2.25. The molecular weight excluding hydrogens is 350 g/mol. The Labute approximate surface area is 165 Å². The maximum atomic E-state index is 12.5. The SMILES string of the molecule is CC(C)c1cccc(NC(=O)CN2CCC(c3nnc4ccccn34)CC2)c1. The van der Waals surface area contributed by atoms with Crippen molar-refractivity contribution < 1.29 is 4.79 Å². The monoisotopic (exact) mass is 377 g/mol. The second-order valence-electron chi connectivity index (χ2n) is 7.87. The zero-order valence-corrected chi connectivity index (χ0v) is 16.5. The molecule has 146 valence electrons. The molecule has 3 aromatic rings. The minimum atomic E-state index is 0.0484. The van der Waals surface area contributed by atoms with E-state index in [9.17, 15) is 4.79 Å². The number of carbonyl (C=O) groups excluding carboxylic acids is 1. The second-order valence-corrected chi connectivity index (χ2v) is 7.87. The summed E-state index contributed by atoms with van der Waals surface area (Å²) in [5, 5.41) is 11.7. The van der Waals surface area contributed by atoms with Crippen molar-refractivity contribution in [3.63, 3.8) is 0 Å². The zero-order chi connectivity index (χ0) is 19.5. The Bertz CT molecular complexity index is 956. The van der Waals surface area contributed by atoms with Crippen LogP contribution in [0.3, 0.4) is 0 Å². The molecule has 0 spiro atoms. The molecule has 0 saturated carbocycles. The number of anilines is 1. The molecule has 1 aromatic carbocycles. The average molecular weight is 377 g/mol. The third kappa shape index (κ3) is 4.07. The fourth-order valence-electron chi connectivity index (χ4n) is 3.87. The molecule has 0 unspecified atom stereocenters. The Morgan fingerprint density at radius 1 is 1.14 bits per heavy atom. The maximum absolute atomic E-state index is 12.5. The van der Waals surface area contributed by atoms with Gasteiger partial charge < -0.3 is 5.32 Å². The molecule has 0 aliphatic carbocycles.